The maximum atomic E-state index is 4.99. The smallest absolute Gasteiger partial charge is 0.0870 e. The Hall–Kier alpha value is -0.243. The Bertz CT molecular complexity index is 52.0. The zero-order valence-electron chi connectivity index (χ0n) is 4.98. The third-order valence-corrected chi connectivity index (χ3v) is 0.826. The van der Waals surface area contributed by atoms with Crippen molar-refractivity contribution < 1.29 is 4.74 Å². The van der Waals surface area contributed by atoms with E-state index in [9.17, 15) is 0 Å². The molecule has 0 aromatic heterocycles. The van der Waals surface area contributed by atoms with Crippen molar-refractivity contribution in [1.29, 1.82) is 0 Å². The van der Waals surface area contributed by atoms with E-state index in [1.807, 2.05) is 5.70 Å². The van der Waals surface area contributed by atoms with Gasteiger partial charge in [-0.05, 0) is 6.42 Å². The minimum atomic E-state index is 0.860. The summed E-state index contributed by atoms with van der Waals surface area (Å²) in [7, 11) is 1.10. The zero-order valence-corrected chi connectivity index (χ0v) is 6.98. The molecule has 0 radical (unpaired) electrons. The van der Waals surface area contributed by atoms with Crippen molar-refractivity contribution in [1.82, 2.24) is 0 Å². The van der Waals surface area contributed by atoms with Crippen molar-refractivity contribution in [2.75, 3.05) is 6.61 Å². The second kappa shape index (κ2) is 5.76. The first-order valence-electron chi connectivity index (χ1n) is 2.64. The van der Waals surface area contributed by atoms with Crippen LogP contribution in [0.5, 0.6) is 0 Å². The maximum Gasteiger partial charge on any atom is 0.0870 e. The highest BCUT2D eigenvalue weighted by Crippen LogP contribution is 1.78. The third-order valence-electron chi connectivity index (χ3n) is 0.554. The molecule has 0 heterocycles. The summed E-state index contributed by atoms with van der Waals surface area (Å²) in [6.07, 6.45) is 2.88. The molecule has 0 bridgehead atoms. The van der Waals surface area contributed by atoms with Crippen LogP contribution in [0, 0.1) is 0 Å². The van der Waals surface area contributed by atoms with Crippen molar-refractivity contribution in [2.45, 2.75) is 13.3 Å². The Morgan fingerprint density at radius 3 is 2.86 bits per heavy atom. The van der Waals surface area contributed by atoms with Crippen molar-refractivity contribution in [3.8, 4) is 0 Å². The van der Waals surface area contributed by atoms with Gasteiger partial charge in [-0.25, -0.2) is 0 Å². The van der Waals surface area contributed by atoms with Gasteiger partial charge >= 0.3 is 0 Å². The molecule has 0 saturated heterocycles. The average molecular weight is 116 g/mol. The number of ether oxygens (including phenoxy) is 1. The maximum absolute atomic E-state index is 4.99. The normalized spacial score (nSPS) is 10.4. The Morgan fingerprint density at radius 1 is 1.71 bits per heavy atom. The highest BCUT2D eigenvalue weighted by molar-refractivity contribution is 6.16. The molecular weight excluding hydrogens is 104 g/mol. The van der Waals surface area contributed by atoms with Crippen LogP contribution in [0.4, 0.5) is 0 Å². The predicted molar refractivity (Wildman–Crippen MR) is 35.3 cm³/mol. The van der Waals surface area contributed by atoms with Crippen LogP contribution in [0.3, 0.4) is 0 Å². The number of rotatable bonds is 3. The summed E-state index contributed by atoms with van der Waals surface area (Å²) in [6.45, 7) is 2.96. The van der Waals surface area contributed by atoms with Gasteiger partial charge in [0.25, 0.3) is 0 Å². The second-order valence-electron chi connectivity index (χ2n) is 1.34. The first kappa shape index (κ1) is 6.76. The van der Waals surface area contributed by atoms with Crippen LogP contribution in [0.15, 0.2) is 12.0 Å². The van der Waals surface area contributed by atoms with Crippen LogP contribution in [0.1, 0.15) is 13.3 Å². The van der Waals surface area contributed by atoms with Crippen LogP contribution in [-0.4, -0.2) is 16.8 Å². The first-order chi connectivity index (χ1) is 3.41. The van der Waals surface area contributed by atoms with Gasteiger partial charge in [0.2, 0.25) is 0 Å². The molecule has 2 heteroatoms. The van der Waals surface area contributed by atoms with E-state index in [0.29, 0.717) is 0 Å². The van der Waals surface area contributed by atoms with Gasteiger partial charge in [0.05, 0.1) is 12.9 Å². The summed E-state index contributed by atoms with van der Waals surface area (Å²) >= 11 is 0. The predicted octanol–water partition coefficient (Wildman–Crippen LogP) is 0.250. The lowest BCUT2D eigenvalue weighted by atomic mass is 10.5. The monoisotopic (exact) mass is 116 g/mol. The van der Waals surface area contributed by atoms with E-state index in [-0.39, 0.29) is 0 Å². The first-order valence-corrected chi connectivity index (χ1v) is 3.80. The summed E-state index contributed by atoms with van der Waals surface area (Å²) in [5, 5.41) is 0. The van der Waals surface area contributed by atoms with Crippen molar-refractivity contribution in [3.05, 3.63) is 12.0 Å². The molecule has 1 nitrogen and oxygen atoms in total. The molecule has 0 saturated carbocycles. The van der Waals surface area contributed by atoms with Gasteiger partial charge < -0.3 is 4.74 Å². The molecule has 0 aliphatic rings. The van der Waals surface area contributed by atoms with E-state index in [1.165, 1.54) is 0 Å². The van der Waals surface area contributed by atoms with Crippen LogP contribution in [0.2, 0.25) is 0 Å². The number of hydrogen-bond acceptors (Lipinski definition) is 1. The Kier molecular flexibility index (Phi) is 5.56. The molecule has 0 atom stereocenters. The number of hydrogen-bond donors (Lipinski definition) is 0. The van der Waals surface area contributed by atoms with Crippen LogP contribution >= 0.6 is 0 Å². The lowest BCUT2D eigenvalue weighted by molar-refractivity contribution is 0.250. The fraction of sp³-hybridized carbons (Fsp3) is 0.600. The van der Waals surface area contributed by atoms with E-state index in [4.69, 9.17) is 4.74 Å². The average Bonchev–Trinajstić information content (AvgIpc) is 1.69. The van der Waals surface area contributed by atoms with E-state index in [2.05, 4.69) is 6.92 Å². The summed E-state index contributed by atoms with van der Waals surface area (Å²) in [6, 6.07) is 0. The van der Waals surface area contributed by atoms with Gasteiger partial charge in [0.1, 0.15) is 0 Å². The SMILES string of the molecule is CCCOC=C[SiH3]. The molecule has 0 aromatic carbocycles. The minimum Gasteiger partial charge on any atom is -0.502 e. The quantitative estimate of drug-likeness (QED) is 0.292. The lowest BCUT2D eigenvalue weighted by Crippen LogP contribution is -1.81. The lowest BCUT2D eigenvalue weighted by Gasteiger charge is -1.91. The summed E-state index contributed by atoms with van der Waals surface area (Å²) in [5.41, 5.74) is 2.02. The highest BCUT2D eigenvalue weighted by Gasteiger charge is 1.70. The zero-order chi connectivity index (χ0) is 5.54. The molecule has 7 heavy (non-hydrogen) atoms. The highest BCUT2D eigenvalue weighted by atomic mass is 28.1. The van der Waals surface area contributed by atoms with Gasteiger partial charge in [-0.1, -0.05) is 12.6 Å². The molecule has 0 unspecified atom stereocenters. The third kappa shape index (κ3) is 5.76. The summed E-state index contributed by atoms with van der Waals surface area (Å²) < 4.78 is 4.99. The molecule has 0 N–H and O–H groups in total. The fourth-order valence-corrected chi connectivity index (χ4v) is 0.475. The molecule has 0 aliphatic carbocycles. The van der Waals surface area contributed by atoms with Gasteiger partial charge in [-0.3, -0.25) is 0 Å². The van der Waals surface area contributed by atoms with Crippen molar-refractivity contribution in [3.63, 3.8) is 0 Å². The topological polar surface area (TPSA) is 9.23 Å². The van der Waals surface area contributed by atoms with E-state index in [1.54, 1.807) is 6.26 Å². The van der Waals surface area contributed by atoms with E-state index in [0.717, 1.165) is 23.3 Å². The molecule has 0 amide bonds. The minimum absolute atomic E-state index is 0.860. The van der Waals surface area contributed by atoms with Crippen LogP contribution in [0.25, 0.3) is 0 Å². The van der Waals surface area contributed by atoms with Gasteiger partial charge in [-0.2, -0.15) is 0 Å². The van der Waals surface area contributed by atoms with Crippen LogP contribution in [-0.2, 0) is 4.74 Å². The Morgan fingerprint density at radius 2 is 2.43 bits per heavy atom. The summed E-state index contributed by atoms with van der Waals surface area (Å²) in [4.78, 5) is 0. The summed E-state index contributed by atoms with van der Waals surface area (Å²) in [5.74, 6) is 0. The Balaban J connectivity index is 2.69. The van der Waals surface area contributed by atoms with Crippen LogP contribution < -0.4 is 0 Å². The largest absolute Gasteiger partial charge is 0.502 e. The van der Waals surface area contributed by atoms with E-state index >= 15 is 0 Å². The van der Waals surface area contributed by atoms with E-state index < -0.39 is 0 Å². The van der Waals surface area contributed by atoms with Gasteiger partial charge in [0, 0.05) is 10.2 Å². The Labute approximate surface area is 47.8 Å². The molecule has 0 aliphatic heterocycles. The van der Waals surface area contributed by atoms with Crippen molar-refractivity contribution >= 4 is 10.2 Å². The molecule has 42 valence electrons. The van der Waals surface area contributed by atoms with Gasteiger partial charge in [0.15, 0.2) is 0 Å². The molecular formula is C5H12OSi. The second-order valence-corrected chi connectivity index (χ2v) is 2.01. The standard InChI is InChI=1S/C5H12OSi/c1-2-3-6-4-5-7/h4-5H,2-3H2,1,7H3. The molecule has 0 aromatic rings. The van der Waals surface area contributed by atoms with Gasteiger partial charge in [-0.15, -0.1) is 0 Å². The molecule has 0 fully saturated rings. The fourth-order valence-electron chi connectivity index (χ4n) is 0.282. The van der Waals surface area contributed by atoms with Crippen molar-refractivity contribution in [2.24, 2.45) is 0 Å². The molecule has 0 rings (SSSR count). The molecule has 0 spiro atoms.